The van der Waals surface area contributed by atoms with E-state index in [1.165, 1.54) is 12.3 Å². The molecule has 0 N–H and O–H groups in total. The molecule has 1 rings (SSSR count). The number of aromatic nitrogens is 1. The molecule has 1 heterocycles. The quantitative estimate of drug-likeness (QED) is 0.674. The summed E-state index contributed by atoms with van der Waals surface area (Å²) in [5.74, 6) is 2.89. The maximum atomic E-state index is 12.3. The largest absolute Gasteiger partial charge is 0.280 e. The molecule has 0 aliphatic rings. The number of alkyl halides is 2. The van der Waals surface area contributed by atoms with E-state index in [-0.39, 0.29) is 5.69 Å². The molecule has 0 fully saturated rings. The summed E-state index contributed by atoms with van der Waals surface area (Å²) < 4.78 is 24.6. The van der Waals surface area contributed by atoms with Crippen molar-refractivity contribution in [3.63, 3.8) is 0 Å². The Morgan fingerprint density at radius 1 is 1.33 bits per heavy atom. The van der Waals surface area contributed by atoms with Gasteiger partial charge in [-0.2, -0.15) is 10.0 Å². The van der Waals surface area contributed by atoms with E-state index in [2.05, 4.69) is 34.9 Å². The smallest absolute Gasteiger partial charge is 0.255 e. The molecular formula is C11H13F2NS. The minimum atomic E-state index is -2.53. The van der Waals surface area contributed by atoms with Crippen molar-refractivity contribution in [3.05, 3.63) is 29.6 Å². The van der Waals surface area contributed by atoms with Crippen molar-refractivity contribution in [2.75, 3.05) is 18.8 Å². The number of nitrogens with zero attached hydrogens (tertiary/aromatic N) is 1. The van der Waals surface area contributed by atoms with Crippen LogP contribution in [0.15, 0.2) is 18.3 Å². The monoisotopic (exact) mass is 229 g/mol. The zero-order valence-corrected chi connectivity index (χ0v) is 9.74. The number of rotatable bonds is 1. The summed E-state index contributed by atoms with van der Waals surface area (Å²) in [6, 6.07) is 2.98. The summed E-state index contributed by atoms with van der Waals surface area (Å²) in [4.78, 5) is 3.57. The van der Waals surface area contributed by atoms with E-state index in [1.807, 2.05) is 0 Å². The topological polar surface area (TPSA) is 12.9 Å². The molecule has 4 heteroatoms. The SMILES string of the molecule is CS(C)(C)C#Cc1ccnc(C(F)F)c1. The van der Waals surface area contributed by atoms with Crippen LogP contribution in [-0.2, 0) is 0 Å². The molecule has 0 atom stereocenters. The first-order valence-corrected chi connectivity index (χ1v) is 7.19. The Morgan fingerprint density at radius 3 is 2.53 bits per heavy atom. The summed E-state index contributed by atoms with van der Waals surface area (Å²) >= 11 is 0. The second kappa shape index (κ2) is 4.63. The Kier molecular flexibility index (Phi) is 3.70. The van der Waals surface area contributed by atoms with Gasteiger partial charge in [0.05, 0.1) is 0 Å². The summed E-state index contributed by atoms with van der Waals surface area (Å²) in [5, 5.41) is 3.06. The third-order valence-corrected chi connectivity index (χ3v) is 2.22. The average Bonchev–Trinajstić information content (AvgIpc) is 2.14. The minimum Gasteiger partial charge on any atom is -0.255 e. The predicted molar refractivity (Wildman–Crippen MR) is 61.4 cm³/mol. The van der Waals surface area contributed by atoms with Crippen LogP contribution in [0.25, 0.3) is 0 Å². The Morgan fingerprint density at radius 2 is 2.00 bits per heavy atom. The summed E-state index contributed by atoms with van der Waals surface area (Å²) in [6.45, 7) is 0. The average molecular weight is 229 g/mol. The number of hydrogen-bond acceptors (Lipinski definition) is 1. The van der Waals surface area contributed by atoms with Crippen molar-refractivity contribution >= 4 is 10.0 Å². The molecular weight excluding hydrogens is 216 g/mol. The van der Waals surface area contributed by atoms with Crippen molar-refractivity contribution < 1.29 is 8.78 Å². The number of halogens is 2. The molecule has 0 saturated carbocycles. The zero-order chi connectivity index (χ0) is 11.5. The minimum absolute atomic E-state index is 0.217. The number of pyridine rings is 1. The van der Waals surface area contributed by atoms with E-state index in [0.29, 0.717) is 5.56 Å². The molecule has 15 heavy (non-hydrogen) atoms. The molecule has 1 aromatic heterocycles. The van der Waals surface area contributed by atoms with Gasteiger partial charge >= 0.3 is 0 Å². The van der Waals surface area contributed by atoms with E-state index in [1.54, 1.807) is 6.07 Å². The van der Waals surface area contributed by atoms with Crippen LogP contribution >= 0.6 is 10.0 Å². The number of hydrogen-bond donors (Lipinski definition) is 0. The van der Waals surface area contributed by atoms with Gasteiger partial charge in [-0.1, -0.05) is 5.92 Å². The molecule has 0 aliphatic heterocycles. The van der Waals surface area contributed by atoms with Gasteiger partial charge < -0.3 is 0 Å². The third kappa shape index (κ3) is 4.30. The molecule has 0 aromatic carbocycles. The highest BCUT2D eigenvalue weighted by Gasteiger charge is 2.07. The van der Waals surface area contributed by atoms with Crippen LogP contribution in [-0.4, -0.2) is 23.8 Å². The lowest BCUT2D eigenvalue weighted by atomic mass is 10.2. The lowest BCUT2D eigenvalue weighted by Gasteiger charge is -2.14. The lowest BCUT2D eigenvalue weighted by Crippen LogP contribution is -1.90. The van der Waals surface area contributed by atoms with Gasteiger partial charge in [-0.05, 0) is 36.2 Å². The van der Waals surface area contributed by atoms with Crippen LogP contribution in [0.2, 0.25) is 0 Å². The Labute approximate surface area is 90.2 Å². The fourth-order valence-electron chi connectivity index (χ4n) is 0.857. The second-order valence-electron chi connectivity index (χ2n) is 3.83. The van der Waals surface area contributed by atoms with Crippen molar-refractivity contribution in [1.82, 2.24) is 4.98 Å². The van der Waals surface area contributed by atoms with Crippen LogP contribution in [0.1, 0.15) is 17.7 Å². The molecule has 0 bridgehead atoms. The zero-order valence-electron chi connectivity index (χ0n) is 8.92. The van der Waals surface area contributed by atoms with Crippen molar-refractivity contribution in [3.8, 4) is 11.2 Å². The van der Waals surface area contributed by atoms with E-state index in [9.17, 15) is 8.78 Å². The van der Waals surface area contributed by atoms with Gasteiger partial charge in [0, 0.05) is 11.8 Å². The van der Waals surface area contributed by atoms with Gasteiger partial charge in [0.1, 0.15) is 5.69 Å². The van der Waals surface area contributed by atoms with Gasteiger partial charge in [-0.15, -0.1) is 0 Å². The second-order valence-corrected chi connectivity index (χ2v) is 7.71. The van der Waals surface area contributed by atoms with Gasteiger partial charge in [0.2, 0.25) is 0 Å². The molecule has 0 unspecified atom stereocenters. The highest BCUT2D eigenvalue weighted by atomic mass is 32.3. The third-order valence-electron chi connectivity index (χ3n) is 1.51. The summed E-state index contributed by atoms with van der Waals surface area (Å²) in [6.07, 6.45) is 4.98. The van der Waals surface area contributed by atoms with E-state index in [0.717, 1.165) is 0 Å². The van der Waals surface area contributed by atoms with Gasteiger partial charge in [-0.25, -0.2) is 8.78 Å². The first-order chi connectivity index (χ1) is 6.88. The predicted octanol–water partition coefficient (Wildman–Crippen LogP) is 3.02. The Bertz CT molecular complexity index is 399. The molecule has 0 aliphatic carbocycles. The standard InChI is InChI=1S/C11H13F2NS/c1-15(2,3)7-5-9-4-6-14-10(8-9)11(12)13/h4,6,8,11H,1-3H3. The van der Waals surface area contributed by atoms with Crippen molar-refractivity contribution in [2.24, 2.45) is 0 Å². The highest BCUT2D eigenvalue weighted by Crippen LogP contribution is 2.32. The van der Waals surface area contributed by atoms with E-state index >= 15 is 0 Å². The van der Waals surface area contributed by atoms with E-state index < -0.39 is 16.5 Å². The normalized spacial score (nSPS) is 12.1. The Balaban J connectivity index is 2.95. The maximum Gasteiger partial charge on any atom is 0.280 e. The van der Waals surface area contributed by atoms with Gasteiger partial charge in [-0.3, -0.25) is 4.98 Å². The van der Waals surface area contributed by atoms with Gasteiger partial charge in [0.15, 0.2) is 0 Å². The highest BCUT2D eigenvalue weighted by molar-refractivity contribution is 8.35. The molecule has 1 nitrogen and oxygen atoms in total. The van der Waals surface area contributed by atoms with Crippen LogP contribution in [0, 0.1) is 11.2 Å². The van der Waals surface area contributed by atoms with Crippen LogP contribution in [0.3, 0.4) is 0 Å². The van der Waals surface area contributed by atoms with E-state index in [4.69, 9.17) is 0 Å². The van der Waals surface area contributed by atoms with Crippen LogP contribution in [0.4, 0.5) is 8.78 Å². The van der Waals surface area contributed by atoms with Crippen LogP contribution < -0.4 is 0 Å². The molecule has 82 valence electrons. The Hall–Kier alpha value is -1.08. The lowest BCUT2D eigenvalue weighted by molar-refractivity contribution is 0.146. The molecule has 0 spiro atoms. The fraction of sp³-hybridized carbons (Fsp3) is 0.364. The van der Waals surface area contributed by atoms with Crippen molar-refractivity contribution in [2.45, 2.75) is 6.43 Å². The van der Waals surface area contributed by atoms with Crippen LogP contribution in [0.5, 0.6) is 0 Å². The fourth-order valence-corrected chi connectivity index (χ4v) is 1.28. The first-order valence-electron chi connectivity index (χ1n) is 4.34. The summed E-state index contributed by atoms with van der Waals surface area (Å²) in [7, 11) is -0.924. The van der Waals surface area contributed by atoms with Crippen molar-refractivity contribution in [1.29, 1.82) is 0 Å². The molecule has 0 amide bonds. The first kappa shape index (κ1) is 12.0. The molecule has 1 aromatic rings. The molecule has 0 radical (unpaired) electrons. The van der Waals surface area contributed by atoms with Gasteiger partial charge in [0.25, 0.3) is 6.43 Å². The molecule has 0 saturated heterocycles. The maximum absolute atomic E-state index is 12.3. The summed E-state index contributed by atoms with van der Waals surface area (Å²) in [5.41, 5.74) is 0.383.